The van der Waals surface area contributed by atoms with Crippen LogP contribution in [0.1, 0.15) is 38.3 Å². The van der Waals surface area contributed by atoms with Crippen LogP contribution in [-0.2, 0) is 4.79 Å². The van der Waals surface area contributed by atoms with Crippen LogP contribution in [0.5, 0.6) is 0 Å². The van der Waals surface area contributed by atoms with E-state index in [1.54, 1.807) is 36.2 Å². The van der Waals surface area contributed by atoms with Crippen molar-refractivity contribution in [1.82, 2.24) is 14.3 Å². The Morgan fingerprint density at radius 2 is 2.06 bits per heavy atom. The molecule has 7 nitrogen and oxygen atoms in total. The molecule has 3 heterocycles. The fourth-order valence-corrected chi connectivity index (χ4v) is 5.67. The molecular formula is C23H30BF2N5O2. The molecule has 176 valence electrons. The lowest BCUT2D eigenvalue weighted by Gasteiger charge is -2.59. The smallest absolute Gasteiger partial charge is 0.369 e. The lowest BCUT2D eigenvalue weighted by Crippen LogP contribution is -2.65. The van der Waals surface area contributed by atoms with Crippen molar-refractivity contribution in [2.24, 2.45) is 28.0 Å². The Morgan fingerprint density at radius 1 is 1.33 bits per heavy atom. The van der Waals surface area contributed by atoms with Gasteiger partial charge in [0, 0.05) is 49.1 Å². The molecule has 33 heavy (non-hydrogen) atoms. The lowest BCUT2D eigenvalue weighted by atomic mass is 9.56. The third kappa shape index (κ3) is 4.47. The van der Waals surface area contributed by atoms with Crippen LogP contribution in [-0.4, -0.2) is 66.0 Å². The maximum Gasteiger partial charge on any atom is 0.677 e. The van der Waals surface area contributed by atoms with Gasteiger partial charge in [0.1, 0.15) is 0 Å². The predicted octanol–water partition coefficient (Wildman–Crippen LogP) is 3.28. The highest BCUT2D eigenvalue weighted by atomic mass is 19.2. The Bertz CT molecular complexity index is 991. The molecule has 0 radical (unpaired) electrons. The number of hydrogen-bond donors (Lipinski definition) is 1. The normalized spacial score (nSPS) is 22.8. The van der Waals surface area contributed by atoms with E-state index in [0.717, 1.165) is 22.9 Å². The summed E-state index contributed by atoms with van der Waals surface area (Å²) >= 11 is 0. The SMILES string of the molecule is C=C/C(N=CC)=C(\CC1CC2(C1)CN(C(=O)N1CC[C@H](C(N)=O)C1)C2)c1cccn1B(F)F. The molecule has 1 spiro atoms. The summed E-state index contributed by atoms with van der Waals surface area (Å²) < 4.78 is 28.0. The highest BCUT2D eigenvalue weighted by Gasteiger charge is 2.54. The third-order valence-electron chi connectivity index (χ3n) is 7.19. The second kappa shape index (κ2) is 9.15. The molecule has 3 aliphatic rings. The molecule has 1 atom stereocenters. The van der Waals surface area contributed by atoms with Crippen molar-refractivity contribution in [3.63, 3.8) is 0 Å². The van der Waals surface area contributed by atoms with Gasteiger partial charge in [0.15, 0.2) is 0 Å². The third-order valence-corrected chi connectivity index (χ3v) is 7.19. The van der Waals surface area contributed by atoms with Crippen molar-refractivity contribution in [2.45, 2.75) is 32.6 Å². The lowest BCUT2D eigenvalue weighted by molar-refractivity contribution is -0.121. The molecule has 1 aromatic heterocycles. The molecule has 1 saturated carbocycles. The molecule has 4 rings (SSSR count). The molecule has 0 aromatic carbocycles. The van der Waals surface area contributed by atoms with Gasteiger partial charge in [0.2, 0.25) is 5.91 Å². The second-order valence-electron chi connectivity index (χ2n) is 9.48. The Balaban J connectivity index is 1.37. The van der Waals surface area contributed by atoms with E-state index in [1.165, 1.54) is 6.20 Å². The number of primary amides is 1. The van der Waals surface area contributed by atoms with Gasteiger partial charge in [-0.1, -0.05) is 6.58 Å². The van der Waals surface area contributed by atoms with Crippen LogP contribution in [0.4, 0.5) is 13.4 Å². The number of carbonyl (C=O) groups is 2. The number of nitrogens with two attached hydrogens (primary N) is 1. The van der Waals surface area contributed by atoms with E-state index >= 15 is 0 Å². The number of carbonyl (C=O) groups excluding carboxylic acids is 2. The number of likely N-dealkylation sites (tertiary alicyclic amines) is 2. The summed E-state index contributed by atoms with van der Waals surface area (Å²) in [6.07, 6.45) is 7.80. The van der Waals surface area contributed by atoms with E-state index in [-0.39, 0.29) is 23.3 Å². The maximum absolute atomic E-state index is 13.5. The van der Waals surface area contributed by atoms with Crippen LogP contribution < -0.4 is 5.73 Å². The number of aliphatic imine (C=N–C) groups is 1. The Labute approximate surface area is 193 Å². The topological polar surface area (TPSA) is 83.9 Å². The monoisotopic (exact) mass is 457 g/mol. The molecule has 0 bridgehead atoms. The standard InChI is InChI=1S/C23H30BF2N5O2/c1-3-19(28-4-2)18(20-6-5-8-31(20)24(25)26)10-16-11-23(12-16)14-30(15-23)22(33)29-9-7-17(13-29)21(27)32/h3-6,8,16-17H,1,7,9-15H2,2H3,(H2,27,32)/b19-18-,28-4?/t17-/m0/s1. The minimum Gasteiger partial charge on any atom is -0.369 e. The number of aromatic nitrogens is 1. The van der Waals surface area contributed by atoms with Gasteiger partial charge in [0.05, 0.1) is 11.6 Å². The van der Waals surface area contributed by atoms with Crippen LogP contribution >= 0.6 is 0 Å². The van der Waals surface area contributed by atoms with E-state index in [2.05, 4.69) is 11.6 Å². The second-order valence-corrected chi connectivity index (χ2v) is 9.48. The van der Waals surface area contributed by atoms with Crippen molar-refractivity contribution < 1.29 is 18.2 Å². The number of rotatable bonds is 7. The molecule has 0 unspecified atom stereocenters. The summed E-state index contributed by atoms with van der Waals surface area (Å²) in [5.74, 6) is -0.258. The first-order valence-corrected chi connectivity index (χ1v) is 11.4. The van der Waals surface area contributed by atoms with E-state index in [1.807, 2.05) is 4.90 Å². The fraction of sp³-hybridized carbons (Fsp3) is 0.522. The minimum atomic E-state index is -2.62. The number of halogens is 2. The van der Waals surface area contributed by atoms with Gasteiger partial charge in [-0.2, -0.15) is 0 Å². The molecule has 1 aliphatic carbocycles. The molecule has 2 aliphatic heterocycles. The number of allylic oxidation sites excluding steroid dienone is 2. The van der Waals surface area contributed by atoms with Crippen LogP contribution in [0.25, 0.3) is 5.57 Å². The summed E-state index contributed by atoms with van der Waals surface area (Å²) in [5, 5.41) is 0. The Hall–Kier alpha value is -2.91. The molecule has 1 aromatic rings. The van der Waals surface area contributed by atoms with Crippen LogP contribution in [0.15, 0.2) is 41.7 Å². The Morgan fingerprint density at radius 3 is 2.64 bits per heavy atom. The van der Waals surface area contributed by atoms with Gasteiger partial charge in [-0.15, -0.1) is 0 Å². The van der Waals surface area contributed by atoms with Gasteiger partial charge in [0.25, 0.3) is 0 Å². The van der Waals surface area contributed by atoms with E-state index < -0.39 is 7.40 Å². The number of nitrogens with zero attached hydrogens (tertiary/aromatic N) is 4. The van der Waals surface area contributed by atoms with Crippen LogP contribution in [0.3, 0.4) is 0 Å². The molecular weight excluding hydrogens is 427 g/mol. The number of urea groups is 1. The zero-order valence-electron chi connectivity index (χ0n) is 18.9. The molecule has 2 saturated heterocycles. The largest absolute Gasteiger partial charge is 0.677 e. The minimum absolute atomic E-state index is 0.0191. The molecule has 2 N–H and O–H groups in total. The quantitative estimate of drug-likeness (QED) is 0.387. The summed E-state index contributed by atoms with van der Waals surface area (Å²) in [6, 6.07) is 3.30. The summed E-state index contributed by atoms with van der Waals surface area (Å²) in [6.45, 7) is 7.99. The first-order valence-electron chi connectivity index (χ1n) is 11.4. The van der Waals surface area contributed by atoms with E-state index in [0.29, 0.717) is 56.3 Å². The van der Waals surface area contributed by atoms with Gasteiger partial charge in [-0.3, -0.25) is 18.4 Å². The zero-order valence-corrected chi connectivity index (χ0v) is 18.9. The Kier molecular flexibility index (Phi) is 6.45. The zero-order chi connectivity index (χ0) is 23.8. The van der Waals surface area contributed by atoms with Gasteiger partial charge < -0.3 is 20.0 Å². The summed E-state index contributed by atoms with van der Waals surface area (Å²) in [7, 11) is -2.62. The summed E-state index contributed by atoms with van der Waals surface area (Å²) in [5.41, 5.74) is 7.34. The van der Waals surface area contributed by atoms with Crippen molar-refractivity contribution in [2.75, 3.05) is 26.2 Å². The molecule has 3 amide bonds. The average Bonchev–Trinajstić information content (AvgIpc) is 3.39. The van der Waals surface area contributed by atoms with Crippen LogP contribution in [0.2, 0.25) is 0 Å². The van der Waals surface area contributed by atoms with Gasteiger partial charge >= 0.3 is 13.4 Å². The highest BCUT2D eigenvalue weighted by Crippen LogP contribution is 2.55. The number of hydrogen-bond acceptors (Lipinski definition) is 3. The van der Waals surface area contributed by atoms with Gasteiger partial charge in [-0.05, 0) is 62.9 Å². The van der Waals surface area contributed by atoms with Crippen molar-refractivity contribution in [3.8, 4) is 0 Å². The maximum atomic E-state index is 13.5. The van der Waals surface area contributed by atoms with Crippen molar-refractivity contribution in [1.29, 1.82) is 0 Å². The molecule has 10 heteroatoms. The van der Waals surface area contributed by atoms with Crippen LogP contribution in [0, 0.1) is 17.3 Å². The van der Waals surface area contributed by atoms with Gasteiger partial charge in [-0.25, -0.2) is 4.79 Å². The highest BCUT2D eigenvalue weighted by molar-refractivity contribution is 6.41. The average molecular weight is 457 g/mol. The van der Waals surface area contributed by atoms with E-state index in [9.17, 15) is 18.2 Å². The fourth-order valence-electron chi connectivity index (χ4n) is 5.67. The number of amides is 3. The first-order chi connectivity index (χ1) is 15.8. The van der Waals surface area contributed by atoms with Crippen molar-refractivity contribution >= 4 is 31.1 Å². The van der Waals surface area contributed by atoms with Crippen molar-refractivity contribution in [3.05, 3.63) is 42.4 Å². The van der Waals surface area contributed by atoms with E-state index in [4.69, 9.17) is 5.73 Å². The molecule has 3 fully saturated rings. The predicted molar refractivity (Wildman–Crippen MR) is 125 cm³/mol. The summed E-state index contributed by atoms with van der Waals surface area (Å²) in [4.78, 5) is 32.0. The first kappa shape index (κ1) is 23.3.